The molecule has 2 N–H and O–H groups in total. The fourth-order valence-corrected chi connectivity index (χ4v) is 3.62. The molecule has 4 rings (SSSR count). The third kappa shape index (κ3) is 3.13. The number of aromatic nitrogens is 3. The fourth-order valence-electron chi connectivity index (χ4n) is 3.62. The quantitative estimate of drug-likeness (QED) is 0.793. The Balaban J connectivity index is 1.49. The van der Waals surface area contributed by atoms with Gasteiger partial charge in [0.1, 0.15) is 5.56 Å². The zero-order valence-corrected chi connectivity index (χ0v) is 14.0. The Morgan fingerprint density at radius 1 is 1.16 bits per heavy atom. The lowest BCUT2D eigenvalue weighted by atomic mass is 9.93. The van der Waals surface area contributed by atoms with E-state index in [4.69, 9.17) is 5.73 Å². The van der Waals surface area contributed by atoms with Gasteiger partial charge in [0, 0.05) is 24.4 Å². The molecule has 1 aliphatic rings. The molecule has 6 nitrogen and oxygen atoms in total. The van der Waals surface area contributed by atoms with Crippen molar-refractivity contribution in [1.82, 2.24) is 19.5 Å². The molecule has 0 bridgehead atoms. The van der Waals surface area contributed by atoms with Gasteiger partial charge in [-0.3, -0.25) is 9.69 Å². The topological polar surface area (TPSA) is 76.5 Å². The van der Waals surface area contributed by atoms with E-state index in [0.717, 1.165) is 38.2 Å². The molecule has 1 aliphatic heterocycles. The number of amides is 1. The summed E-state index contributed by atoms with van der Waals surface area (Å²) >= 11 is 0. The van der Waals surface area contributed by atoms with Gasteiger partial charge in [0.25, 0.3) is 5.91 Å². The molecule has 25 heavy (non-hydrogen) atoms. The number of benzene rings is 1. The molecular weight excluding hydrogens is 314 g/mol. The van der Waals surface area contributed by atoms with Gasteiger partial charge in [0.15, 0.2) is 5.65 Å². The first kappa shape index (κ1) is 15.8. The SMILES string of the molecule is NC(=O)c1cnn2c(C3CCN(Cc4ccccc4)CC3)ccnc12. The van der Waals surface area contributed by atoms with Crippen LogP contribution in [0.4, 0.5) is 0 Å². The molecule has 128 valence electrons. The molecule has 2 aromatic heterocycles. The predicted molar refractivity (Wildman–Crippen MR) is 95.2 cm³/mol. The summed E-state index contributed by atoms with van der Waals surface area (Å²) in [6, 6.07) is 12.6. The summed E-state index contributed by atoms with van der Waals surface area (Å²) in [5.41, 5.74) is 8.80. The maximum atomic E-state index is 11.5. The third-order valence-electron chi connectivity index (χ3n) is 4.95. The second kappa shape index (κ2) is 6.64. The van der Waals surface area contributed by atoms with Gasteiger partial charge in [0.05, 0.1) is 6.20 Å². The van der Waals surface area contributed by atoms with Crippen molar-refractivity contribution in [1.29, 1.82) is 0 Å². The van der Waals surface area contributed by atoms with E-state index in [1.54, 1.807) is 10.7 Å². The van der Waals surface area contributed by atoms with E-state index in [0.29, 0.717) is 17.1 Å². The molecule has 0 radical (unpaired) electrons. The van der Waals surface area contributed by atoms with Crippen molar-refractivity contribution < 1.29 is 4.79 Å². The molecule has 1 aromatic carbocycles. The summed E-state index contributed by atoms with van der Waals surface area (Å²) in [5.74, 6) is -0.0736. The lowest BCUT2D eigenvalue weighted by Gasteiger charge is -2.32. The fraction of sp³-hybridized carbons (Fsp3) is 0.316. The standard InChI is InChI=1S/C19H21N5O/c20-18(25)16-12-22-24-17(6-9-21-19(16)24)15-7-10-23(11-8-15)13-14-4-2-1-3-5-14/h1-6,9,12,15H,7-8,10-11,13H2,(H2,20,25). The maximum absolute atomic E-state index is 11.5. The number of fused-ring (bicyclic) bond motifs is 1. The molecule has 0 spiro atoms. The van der Waals surface area contributed by atoms with E-state index in [-0.39, 0.29) is 0 Å². The molecular formula is C19H21N5O. The Morgan fingerprint density at radius 3 is 2.64 bits per heavy atom. The second-order valence-corrected chi connectivity index (χ2v) is 6.56. The van der Waals surface area contributed by atoms with Crippen molar-refractivity contribution in [2.75, 3.05) is 13.1 Å². The van der Waals surface area contributed by atoms with E-state index in [9.17, 15) is 4.79 Å². The average molecular weight is 335 g/mol. The molecule has 6 heteroatoms. The van der Waals surface area contributed by atoms with Gasteiger partial charge in [-0.05, 0) is 37.6 Å². The van der Waals surface area contributed by atoms with Crippen molar-refractivity contribution in [3.63, 3.8) is 0 Å². The van der Waals surface area contributed by atoms with Crippen LogP contribution in [0.25, 0.3) is 5.65 Å². The number of carbonyl (C=O) groups excluding carboxylic acids is 1. The van der Waals surface area contributed by atoms with E-state index >= 15 is 0 Å². The summed E-state index contributed by atoms with van der Waals surface area (Å²) in [6.07, 6.45) is 5.39. The first-order valence-electron chi connectivity index (χ1n) is 8.61. The van der Waals surface area contributed by atoms with E-state index < -0.39 is 5.91 Å². The molecule has 3 aromatic rings. The molecule has 1 saturated heterocycles. The Labute approximate surface area is 146 Å². The van der Waals surface area contributed by atoms with Crippen LogP contribution in [0.15, 0.2) is 48.8 Å². The number of nitrogens with two attached hydrogens (primary N) is 1. The molecule has 1 fully saturated rings. The van der Waals surface area contributed by atoms with Crippen LogP contribution in [0.2, 0.25) is 0 Å². The number of likely N-dealkylation sites (tertiary alicyclic amines) is 1. The molecule has 0 saturated carbocycles. The van der Waals surface area contributed by atoms with Crippen molar-refractivity contribution >= 4 is 11.6 Å². The van der Waals surface area contributed by atoms with Crippen molar-refractivity contribution in [3.05, 3.63) is 65.6 Å². The highest BCUT2D eigenvalue weighted by molar-refractivity contribution is 5.98. The number of hydrogen-bond acceptors (Lipinski definition) is 4. The Hall–Kier alpha value is -2.73. The number of primary amides is 1. The summed E-state index contributed by atoms with van der Waals surface area (Å²) in [4.78, 5) is 18.3. The van der Waals surface area contributed by atoms with Crippen LogP contribution in [0.1, 0.15) is 40.4 Å². The Kier molecular flexibility index (Phi) is 4.19. The molecule has 0 unspecified atom stereocenters. The smallest absolute Gasteiger partial charge is 0.254 e. The van der Waals surface area contributed by atoms with Gasteiger partial charge >= 0.3 is 0 Å². The normalized spacial score (nSPS) is 16.3. The summed E-state index contributed by atoms with van der Waals surface area (Å²) < 4.78 is 1.78. The lowest BCUT2D eigenvalue weighted by molar-refractivity contribution is 0.100. The van der Waals surface area contributed by atoms with Crippen LogP contribution in [0.5, 0.6) is 0 Å². The Morgan fingerprint density at radius 2 is 1.92 bits per heavy atom. The highest BCUT2D eigenvalue weighted by Gasteiger charge is 2.24. The molecule has 3 heterocycles. The minimum absolute atomic E-state index is 0.378. The number of hydrogen-bond donors (Lipinski definition) is 1. The van der Waals surface area contributed by atoms with Gasteiger partial charge in [-0.2, -0.15) is 5.10 Å². The monoisotopic (exact) mass is 335 g/mol. The Bertz CT molecular complexity index is 881. The highest BCUT2D eigenvalue weighted by Crippen LogP contribution is 2.29. The van der Waals surface area contributed by atoms with E-state index in [1.807, 2.05) is 6.07 Å². The van der Waals surface area contributed by atoms with Gasteiger partial charge in [0.2, 0.25) is 0 Å². The first-order valence-corrected chi connectivity index (χ1v) is 8.61. The summed E-state index contributed by atoms with van der Waals surface area (Å²) in [5, 5.41) is 4.34. The van der Waals surface area contributed by atoms with Gasteiger partial charge in [-0.1, -0.05) is 30.3 Å². The second-order valence-electron chi connectivity index (χ2n) is 6.56. The van der Waals surface area contributed by atoms with Crippen molar-refractivity contribution in [3.8, 4) is 0 Å². The first-order chi connectivity index (χ1) is 12.2. The zero-order valence-electron chi connectivity index (χ0n) is 14.0. The highest BCUT2D eigenvalue weighted by atomic mass is 16.1. The minimum Gasteiger partial charge on any atom is -0.365 e. The molecule has 0 aliphatic carbocycles. The van der Waals surface area contributed by atoms with E-state index in [2.05, 4.69) is 45.3 Å². The maximum Gasteiger partial charge on any atom is 0.254 e. The zero-order chi connectivity index (χ0) is 17.2. The summed E-state index contributed by atoms with van der Waals surface area (Å²) in [6.45, 7) is 3.09. The number of nitrogens with zero attached hydrogens (tertiary/aromatic N) is 4. The van der Waals surface area contributed by atoms with Crippen LogP contribution in [-0.2, 0) is 6.54 Å². The lowest BCUT2D eigenvalue weighted by Crippen LogP contribution is -2.33. The predicted octanol–water partition coefficient (Wildman–Crippen LogP) is 2.21. The van der Waals surface area contributed by atoms with Crippen LogP contribution in [-0.4, -0.2) is 38.5 Å². The van der Waals surface area contributed by atoms with Crippen molar-refractivity contribution in [2.24, 2.45) is 5.73 Å². The largest absolute Gasteiger partial charge is 0.365 e. The van der Waals surface area contributed by atoms with Gasteiger partial charge in [-0.15, -0.1) is 0 Å². The van der Waals surface area contributed by atoms with Crippen LogP contribution >= 0.6 is 0 Å². The number of rotatable bonds is 4. The van der Waals surface area contributed by atoms with Crippen LogP contribution in [0.3, 0.4) is 0 Å². The molecule has 1 amide bonds. The number of piperidine rings is 1. The third-order valence-corrected chi connectivity index (χ3v) is 4.95. The number of carbonyl (C=O) groups is 1. The van der Waals surface area contributed by atoms with Gasteiger partial charge in [-0.25, -0.2) is 9.50 Å². The summed E-state index contributed by atoms with van der Waals surface area (Å²) in [7, 11) is 0. The van der Waals surface area contributed by atoms with Crippen LogP contribution < -0.4 is 5.73 Å². The van der Waals surface area contributed by atoms with Crippen molar-refractivity contribution in [2.45, 2.75) is 25.3 Å². The van der Waals surface area contributed by atoms with Gasteiger partial charge < -0.3 is 5.73 Å². The molecule has 0 atom stereocenters. The minimum atomic E-state index is -0.489. The van der Waals surface area contributed by atoms with Crippen LogP contribution in [0, 0.1) is 0 Å². The van der Waals surface area contributed by atoms with E-state index in [1.165, 1.54) is 11.8 Å². The average Bonchev–Trinajstić information content (AvgIpc) is 3.08.